The fourth-order valence-electron chi connectivity index (χ4n) is 3.63. The number of aliphatic carboxylic acids is 1. The van der Waals surface area contributed by atoms with Crippen LogP contribution in [-0.4, -0.2) is 40.9 Å². The summed E-state index contributed by atoms with van der Waals surface area (Å²) in [5.74, 6) is -1.95. The minimum absolute atomic E-state index is 0.142. The molecule has 0 radical (unpaired) electrons. The van der Waals surface area contributed by atoms with Crippen LogP contribution in [0.4, 0.5) is 0 Å². The van der Waals surface area contributed by atoms with Crippen LogP contribution in [0.3, 0.4) is 0 Å². The number of carbonyl (C=O) groups excluding carboxylic acids is 2. The molecule has 6 nitrogen and oxygen atoms in total. The van der Waals surface area contributed by atoms with E-state index in [0.717, 1.165) is 0 Å². The molecule has 0 spiro atoms. The van der Waals surface area contributed by atoms with Crippen LogP contribution in [-0.2, 0) is 9.59 Å². The lowest BCUT2D eigenvalue weighted by atomic mass is 9.86. The third kappa shape index (κ3) is 4.39. The first-order valence-corrected chi connectivity index (χ1v) is 9.40. The lowest BCUT2D eigenvalue weighted by Crippen LogP contribution is -2.49. The van der Waals surface area contributed by atoms with E-state index in [2.05, 4.69) is 5.32 Å². The Hall–Kier alpha value is -3.15. The minimum Gasteiger partial charge on any atom is -0.481 e. The molecule has 1 aliphatic rings. The number of rotatable bonds is 5. The van der Waals surface area contributed by atoms with Gasteiger partial charge in [-0.2, -0.15) is 0 Å². The van der Waals surface area contributed by atoms with Crippen LogP contribution in [0.2, 0.25) is 0 Å². The number of carbonyl (C=O) groups is 3. The summed E-state index contributed by atoms with van der Waals surface area (Å²) in [6, 6.07) is 17.1. The molecule has 1 saturated heterocycles. The van der Waals surface area contributed by atoms with E-state index in [9.17, 15) is 19.5 Å². The Kier molecular flexibility index (Phi) is 6.09. The monoisotopic (exact) mass is 380 g/mol. The molecule has 3 atom stereocenters. The topological polar surface area (TPSA) is 86.7 Å². The average molecular weight is 380 g/mol. The van der Waals surface area contributed by atoms with Gasteiger partial charge in [-0.15, -0.1) is 0 Å². The number of carboxylic acid groups (broad SMARTS) is 1. The first-order valence-electron chi connectivity index (χ1n) is 9.40. The maximum absolute atomic E-state index is 13.3. The molecule has 2 aromatic carbocycles. The van der Waals surface area contributed by atoms with Gasteiger partial charge in [0.15, 0.2) is 0 Å². The van der Waals surface area contributed by atoms with Crippen molar-refractivity contribution >= 4 is 17.8 Å². The van der Waals surface area contributed by atoms with E-state index >= 15 is 0 Å². The van der Waals surface area contributed by atoms with Gasteiger partial charge in [0.1, 0.15) is 6.04 Å². The van der Waals surface area contributed by atoms with Gasteiger partial charge in [0, 0.05) is 18.7 Å². The van der Waals surface area contributed by atoms with Gasteiger partial charge in [0.05, 0.1) is 5.92 Å². The molecular weight excluding hydrogens is 356 g/mol. The molecule has 0 bridgehead atoms. The van der Waals surface area contributed by atoms with Gasteiger partial charge >= 0.3 is 5.97 Å². The molecule has 3 rings (SSSR count). The molecule has 1 aliphatic heterocycles. The molecular formula is C22H24N2O4. The first kappa shape index (κ1) is 19.6. The second-order valence-electron chi connectivity index (χ2n) is 7.18. The van der Waals surface area contributed by atoms with Crippen LogP contribution >= 0.6 is 0 Å². The second-order valence-corrected chi connectivity index (χ2v) is 7.18. The number of hydrogen-bond acceptors (Lipinski definition) is 3. The zero-order valence-corrected chi connectivity index (χ0v) is 15.7. The zero-order chi connectivity index (χ0) is 20.1. The van der Waals surface area contributed by atoms with Crippen molar-refractivity contribution in [1.29, 1.82) is 0 Å². The highest BCUT2D eigenvalue weighted by atomic mass is 16.4. The van der Waals surface area contributed by atoms with Crippen molar-refractivity contribution in [2.24, 2.45) is 11.8 Å². The van der Waals surface area contributed by atoms with Gasteiger partial charge in [-0.05, 0) is 30.0 Å². The summed E-state index contributed by atoms with van der Waals surface area (Å²) >= 11 is 0. The number of nitrogens with zero attached hydrogens (tertiary/aromatic N) is 1. The highest BCUT2D eigenvalue weighted by Crippen LogP contribution is 2.26. The van der Waals surface area contributed by atoms with E-state index in [4.69, 9.17) is 0 Å². The van der Waals surface area contributed by atoms with Crippen molar-refractivity contribution < 1.29 is 19.5 Å². The van der Waals surface area contributed by atoms with Crippen molar-refractivity contribution in [3.05, 3.63) is 71.8 Å². The SMILES string of the molecule is CC1CN(C(=O)C(NC(=O)c2ccccc2)c2ccccc2)CCC1C(=O)O. The summed E-state index contributed by atoms with van der Waals surface area (Å²) in [7, 11) is 0. The van der Waals surface area contributed by atoms with Gasteiger partial charge < -0.3 is 15.3 Å². The Morgan fingerprint density at radius 3 is 2.21 bits per heavy atom. The van der Waals surface area contributed by atoms with Gasteiger partial charge in [-0.25, -0.2) is 0 Å². The molecule has 146 valence electrons. The molecule has 1 fully saturated rings. The molecule has 1 heterocycles. The minimum atomic E-state index is -0.823. The van der Waals surface area contributed by atoms with Crippen LogP contribution in [0.15, 0.2) is 60.7 Å². The maximum atomic E-state index is 13.3. The summed E-state index contributed by atoms with van der Waals surface area (Å²) in [5, 5.41) is 12.2. The Labute approximate surface area is 164 Å². The lowest BCUT2D eigenvalue weighted by molar-refractivity contribution is -0.148. The third-order valence-corrected chi connectivity index (χ3v) is 5.23. The molecule has 3 unspecified atom stereocenters. The van der Waals surface area contributed by atoms with E-state index in [1.54, 1.807) is 41.3 Å². The number of piperidine rings is 1. The Bertz CT molecular complexity index is 838. The summed E-state index contributed by atoms with van der Waals surface area (Å²) in [6.45, 7) is 2.57. The number of carboxylic acids is 1. The third-order valence-electron chi connectivity index (χ3n) is 5.23. The van der Waals surface area contributed by atoms with Crippen molar-refractivity contribution in [2.75, 3.05) is 13.1 Å². The number of benzene rings is 2. The fraction of sp³-hybridized carbons (Fsp3) is 0.318. The van der Waals surface area contributed by atoms with Gasteiger partial charge in [-0.3, -0.25) is 14.4 Å². The summed E-state index contributed by atoms with van der Waals surface area (Å²) in [6.07, 6.45) is 0.413. The molecule has 2 aromatic rings. The molecule has 0 saturated carbocycles. The van der Waals surface area contributed by atoms with Gasteiger partial charge in [0.25, 0.3) is 5.91 Å². The summed E-state index contributed by atoms with van der Waals surface area (Å²) in [5.41, 5.74) is 1.18. The molecule has 6 heteroatoms. The largest absolute Gasteiger partial charge is 0.481 e. The molecule has 2 amide bonds. The predicted molar refractivity (Wildman–Crippen MR) is 105 cm³/mol. The van der Waals surface area contributed by atoms with Crippen molar-refractivity contribution in [1.82, 2.24) is 10.2 Å². The number of hydrogen-bond donors (Lipinski definition) is 2. The van der Waals surface area contributed by atoms with Crippen molar-refractivity contribution in [3.63, 3.8) is 0 Å². The normalized spacial score (nSPS) is 20.2. The van der Waals surface area contributed by atoms with Gasteiger partial charge in [-0.1, -0.05) is 55.5 Å². The van der Waals surface area contributed by atoms with Crippen LogP contribution in [0.25, 0.3) is 0 Å². The van der Waals surface area contributed by atoms with E-state index in [1.165, 1.54) is 0 Å². The van der Waals surface area contributed by atoms with E-state index < -0.39 is 17.9 Å². The Morgan fingerprint density at radius 2 is 1.64 bits per heavy atom. The molecule has 28 heavy (non-hydrogen) atoms. The number of amides is 2. The average Bonchev–Trinajstić information content (AvgIpc) is 2.72. The molecule has 2 N–H and O–H groups in total. The highest BCUT2D eigenvalue weighted by Gasteiger charge is 2.36. The highest BCUT2D eigenvalue weighted by molar-refractivity contribution is 5.97. The smallest absolute Gasteiger partial charge is 0.306 e. The Balaban J connectivity index is 1.80. The van der Waals surface area contributed by atoms with Crippen LogP contribution in [0, 0.1) is 11.8 Å². The van der Waals surface area contributed by atoms with E-state index in [0.29, 0.717) is 30.6 Å². The second kappa shape index (κ2) is 8.69. The molecule has 0 aliphatic carbocycles. The summed E-state index contributed by atoms with van der Waals surface area (Å²) < 4.78 is 0. The van der Waals surface area contributed by atoms with Crippen LogP contribution in [0.1, 0.15) is 35.3 Å². The summed E-state index contributed by atoms with van der Waals surface area (Å²) in [4.78, 5) is 38.9. The van der Waals surface area contributed by atoms with Gasteiger partial charge in [0.2, 0.25) is 5.91 Å². The van der Waals surface area contributed by atoms with E-state index in [1.807, 2.05) is 31.2 Å². The predicted octanol–water partition coefficient (Wildman–Crippen LogP) is 2.73. The Morgan fingerprint density at radius 1 is 1.04 bits per heavy atom. The van der Waals surface area contributed by atoms with Crippen molar-refractivity contribution in [2.45, 2.75) is 19.4 Å². The standard InChI is InChI=1S/C22H24N2O4/c1-15-14-24(13-12-18(15)22(27)28)21(26)19(16-8-4-2-5-9-16)23-20(25)17-10-6-3-7-11-17/h2-11,15,18-19H,12-14H2,1H3,(H,23,25)(H,27,28). The number of likely N-dealkylation sites (tertiary alicyclic amines) is 1. The van der Waals surface area contributed by atoms with Crippen LogP contribution < -0.4 is 5.32 Å². The lowest BCUT2D eigenvalue weighted by Gasteiger charge is -2.37. The quantitative estimate of drug-likeness (QED) is 0.835. The van der Waals surface area contributed by atoms with Crippen LogP contribution in [0.5, 0.6) is 0 Å². The maximum Gasteiger partial charge on any atom is 0.306 e. The first-order chi connectivity index (χ1) is 13.5. The zero-order valence-electron chi connectivity index (χ0n) is 15.7. The number of nitrogens with one attached hydrogen (secondary N) is 1. The molecule has 0 aromatic heterocycles. The van der Waals surface area contributed by atoms with Crippen molar-refractivity contribution in [3.8, 4) is 0 Å². The van der Waals surface area contributed by atoms with E-state index in [-0.39, 0.29) is 17.7 Å². The fourth-order valence-corrected chi connectivity index (χ4v) is 3.63.